The monoisotopic (exact) mass is 279 g/mol. The highest BCUT2D eigenvalue weighted by Crippen LogP contribution is 2.45. The van der Waals surface area contributed by atoms with Crippen LogP contribution in [0.3, 0.4) is 0 Å². The van der Waals surface area contributed by atoms with Gasteiger partial charge in [-0.15, -0.1) is 0 Å². The molecule has 3 heteroatoms. The molecule has 1 atom stereocenters. The van der Waals surface area contributed by atoms with Crippen LogP contribution in [0.5, 0.6) is 0 Å². The molecule has 0 spiro atoms. The van der Waals surface area contributed by atoms with Crippen LogP contribution in [0.2, 0.25) is 5.02 Å². The summed E-state index contributed by atoms with van der Waals surface area (Å²) in [7, 11) is 0. The maximum Gasteiger partial charge on any atom is 0.151 e. The second-order valence-electron chi connectivity index (χ2n) is 6.43. The number of hydrogen-bond donors (Lipinski definition) is 0. The van der Waals surface area contributed by atoms with Gasteiger partial charge < -0.3 is 4.90 Å². The predicted octanol–water partition coefficient (Wildman–Crippen LogP) is 4.65. The number of hydrogen-bond acceptors (Lipinski definition) is 2. The molecule has 1 aliphatic heterocycles. The van der Waals surface area contributed by atoms with Gasteiger partial charge in [0.2, 0.25) is 0 Å². The molecule has 19 heavy (non-hydrogen) atoms. The third kappa shape index (κ3) is 2.38. The second-order valence-corrected chi connectivity index (χ2v) is 6.84. The van der Waals surface area contributed by atoms with E-state index in [9.17, 15) is 4.79 Å². The number of anilines is 1. The zero-order valence-corrected chi connectivity index (χ0v) is 13.1. The van der Waals surface area contributed by atoms with Crippen LogP contribution in [0.1, 0.15) is 62.9 Å². The second kappa shape index (κ2) is 4.82. The normalized spacial score (nSPS) is 21.4. The topological polar surface area (TPSA) is 20.3 Å². The molecule has 0 bridgehead atoms. The summed E-state index contributed by atoms with van der Waals surface area (Å²) in [4.78, 5) is 13.5. The molecular weight excluding hydrogens is 258 g/mol. The van der Waals surface area contributed by atoms with Gasteiger partial charge in [-0.1, -0.05) is 18.5 Å². The first-order chi connectivity index (χ1) is 8.77. The molecule has 104 valence electrons. The van der Waals surface area contributed by atoms with Crippen LogP contribution < -0.4 is 4.90 Å². The van der Waals surface area contributed by atoms with Crippen LogP contribution in [-0.2, 0) is 0 Å². The molecule has 1 aromatic carbocycles. The maximum absolute atomic E-state index is 11.1. The molecule has 0 unspecified atom stereocenters. The van der Waals surface area contributed by atoms with E-state index in [0.717, 1.165) is 12.7 Å². The fraction of sp³-hybridized carbons (Fsp3) is 0.562. The molecule has 1 heterocycles. The highest BCUT2D eigenvalue weighted by Gasteiger charge is 2.38. The maximum atomic E-state index is 11.1. The molecule has 1 aliphatic rings. The van der Waals surface area contributed by atoms with Crippen molar-refractivity contribution in [2.24, 2.45) is 0 Å². The molecule has 0 amide bonds. The smallest absolute Gasteiger partial charge is 0.151 e. The standard InChI is InChI=1S/C16H22ClNO/c1-10(2)18-15-7-14(17)12(9-19)6-13(15)11(3)8-16(18,4)5/h6-7,9-11H,8H2,1-5H3/t11-/m1/s1. The molecule has 0 N–H and O–H groups in total. The molecular formula is C16H22ClNO. The van der Waals surface area contributed by atoms with Crippen molar-refractivity contribution in [1.82, 2.24) is 0 Å². The van der Waals surface area contributed by atoms with Crippen LogP contribution in [0.15, 0.2) is 12.1 Å². The Bertz CT molecular complexity index is 508. The SMILES string of the molecule is CC(C)N1c2cc(Cl)c(C=O)cc2[C@H](C)CC1(C)C. The zero-order chi connectivity index (χ0) is 14.4. The van der Waals surface area contributed by atoms with Crippen molar-refractivity contribution in [3.8, 4) is 0 Å². The van der Waals surface area contributed by atoms with E-state index in [1.54, 1.807) is 0 Å². The van der Waals surface area contributed by atoms with Crippen molar-refractivity contribution < 1.29 is 4.79 Å². The first kappa shape index (κ1) is 14.4. The third-order valence-corrected chi connectivity index (χ3v) is 4.37. The number of rotatable bonds is 2. The minimum absolute atomic E-state index is 0.104. The number of benzene rings is 1. The quantitative estimate of drug-likeness (QED) is 0.734. The largest absolute Gasteiger partial charge is 0.364 e. The summed E-state index contributed by atoms with van der Waals surface area (Å²) in [6.45, 7) is 11.2. The van der Waals surface area contributed by atoms with Crippen LogP contribution in [0.4, 0.5) is 5.69 Å². The lowest BCUT2D eigenvalue weighted by Crippen LogP contribution is -2.51. The summed E-state index contributed by atoms with van der Waals surface area (Å²) in [6, 6.07) is 4.32. The summed E-state index contributed by atoms with van der Waals surface area (Å²) in [5.74, 6) is 0.441. The van der Waals surface area contributed by atoms with E-state index in [-0.39, 0.29) is 5.54 Å². The first-order valence-corrected chi connectivity index (χ1v) is 7.23. The molecule has 0 saturated carbocycles. The number of fused-ring (bicyclic) bond motifs is 1. The van der Waals surface area contributed by atoms with Crippen molar-refractivity contribution in [2.45, 2.75) is 58.5 Å². The molecule has 1 aromatic rings. The Labute approximate surface area is 120 Å². The molecule has 0 saturated heterocycles. The van der Waals surface area contributed by atoms with E-state index in [1.165, 1.54) is 11.3 Å². The Kier molecular flexibility index (Phi) is 3.65. The van der Waals surface area contributed by atoms with E-state index < -0.39 is 0 Å². The summed E-state index contributed by atoms with van der Waals surface area (Å²) in [5, 5.41) is 0.546. The van der Waals surface area contributed by atoms with Crippen molar-refractivity contribution in [3.63, 3.8) is 0 Å². The van der Waals surface area contributed by atoms with Gasteiger partial charge in [-0.25, -0.2) is 0 Å². The third-order valence-electron chi connectivity index (χ3n) is 4.04. The fourth-order valence-electron chi connectivity index (χ4n) is 3.55. The molecule has 0 fully saturated rings. The first-order valence-electron chi connectivity index (χ1n) is 6.86. The lowest BCUT2D eigenvalue weighted by Gasteiger charge is -2.50. The summed E-state index contributed by atoms with van der Waals surface area (Å²) in [6.07, 6.45) is 1.92. The van der Waals surface area contributed by atoms with E-state index in [4.69, 9.17) is 11.6 Å². The van der Waals surface area contributed by atoms with Crippen LogP contribution in [0, 0.1) is 0 Å². The average Bonchev–Trinajstić information content (AvgIpc) is 2.26. The average molecular weight is 280 g/mol. The molecule has 0 aliphatic carbocycles. The van der Waals surface area contributed by atoms with E-state index in [1.807, 2.05) is 12.1 Å². The highest BCUT2D eigenvalue weighted by atomic mass is 35.5. The van der Waals surface area contributed by atoms with Crippen molar-refractivity contribution in [1.29, 1.82) is 0 Å². The van der Waals surface area contributed by atoms with Crippen LogP contribution >= 0.6 is 11.6 Å². The van der Waals surface area contributed by atoms with Gasteiger partial charge in [0, 0.05) is 22.8 Å². The van der Waals surface area contributed by atoms with Crippen molar-refractivity contribution in [3.05, 3.63) is 28.3 Å². The molecule has 0 aromatic heterocycles. The number of nitrogens with zero attached hydrogens (tertiary/aromatic N) is 1. The van der Waals surface area contributed by atoms with E-state index in [2.05, 4.69) is 39.5 Å². The lowest BCUT2D eigenvalue weighted by molar-refractivity contribution is 0.112. The summed E-state index contributed by atoms with van der Waals surface area (Å²) in [5.41, 5.74) is 3.11. The van der Waals surface area contributed by atoms with Gasteiger partial charge in [0.25, 0.3) is 0 Å². The van der Waals surface area contributed by atoms with Crippen molar-refractivity contribution >= 4 is 23.6 Å². The Morgan fingerprint density at radius 1 is 1.42 bits per heavy atom. The lowest BCUT2D eigenvalue weighted by atomic mass is 9.79. The van der Waals surface area contributed by atoms with Crippen LogP contribution in [0.25, 0.3) is 0 Å². The van der Waals surface area contributed by atoms with Gasteiger partial charge in [0.1, 0.15) is 0 Å². The van der Waals surface area contributed by atoms with Gasteiger partial charge in [-0.2, -0.15) is 0 Å². The molecule has 2 nitrogen and oxygen atoms in total. The predicted molar refractivity (Wildman–Crippen MR) is 81.6 cm³/mol. The Morgan fingerprint density at radius 3 is 2.58 bits per heavy atom. The summed E-state index contributed by atoms with van der Waals surface area (Å²) < 4.78 is 0. The Morgan fingerprint density at radius 2 is 2.05 bits per heavy atom. The van der Waals surface area contributed by atoms with E-state index in [0.29, 0.717) is 22.5 Å². The number of carbonyl (C=O) groups excluding carboxylic acids is 1. The fourth-order valence-corrected chi connectivity index (χ4v) is 3.75. The molecule has 2 rings (SSSR count). The van der Waals surface area contributed by atoms with Gasteiger partial charge in [-0.3, -0.25) is 4.79 Å². The zero-order valence-electron chi connectivity index (χ0n) is 12.3. The number of carbonyl (C=O) groups is 1. The molecule has 0 radical (unpaired) electrons. The van der Waals surface area contributed by atoms with Gasteiger partial charge in [0.05, 0.1) is 5.02 Å². The number of aldehydes is 1. The van der Waals surface area contributed by atoms with Gasteiger partial charge in [0.15, 0.2) is 6.29 Å². The van der Waals surface area contributed by atoms with Gasteiger partial charge in [-0.05, 0) is 57.7 Å². The van der Waals surface area contributed by atoms with Crippen LogP contribution in [-0.4, -0.2) is 17.9 Å². The Balaban J connectivity index is 2.65. The minimum atomic E-state index is 0.104. The minimum Gasteiger partial charge on any atom is -0.364 e. The van der Waals surface area contributed by atoms with Gasteiger partial charge >= 0.3 is 0 Å². The van der Waals surface area contributed by atoms with Crippen molar-refractivity contribution in [2.75, 3.05) is 4.90 Å². The highest BCUT2D eigenvalue weighted by molar-refractivity contribution is 6.33. The number of halogens is 1. The van der Waals surface area contributed by atoms with E-state index >= 15 is 0 Å². The summed E-state index contributed by atoms with van der Waals surface area (Å²) >= 11 is 6.21. The Hall–Kier alpha value is -1.02.